The van der Waals surface area contributed by atoms with Crippen molar-refractivity contribution in [2.24, 2.45) is 5.41 Å². The molecular formula is C18H27N3O3S. The van der Waals surface area contributed by atoms with Gasteiger partial charge in [0.25, 0.3) is 10.2 Å². The Balaban J connectivity index is 1.76. The summed E-state index contributed by atoms with van der Waals surface area (Å²) in [7, 11) is -0.392. The zero-order valence-corrected chi connectivity index (χ0v) is 16.1. The fraction of sp³-hybridized carbons (Fsp3) is 0.611. The Kier molecular flexibility index (Phi) is 4.92. The van der Waals surface area contributed by atoms with Gasteiger partial charge in [-0.15, -0.1) is 0 Å². The van der Waals surface area contributed by atoms with Crippen LogP contribution in [0.3, 0.4) is 0 Å². The number of nitrogens with zero attached hydrogens (tertiary/aromatic N) is 3. The van der Waals surface area contributed by atoms with Crippen molar-refractivity contribution in [1.29, 1.82) is 0 Å². The third-order valence-corrected chi connectivity index (χ3v) is 7.27. The Morgan fingerprint density at radius 1 is 1.20 bits per heavy atom. The van der Waals surface area contributed by atoms with E-state index in [1.54, 1.807) is 0 Å². The second-order valence-electron chi connectivity index (χ2n) is 7.47. The molecule has 2 heterocycles. The van der Waals surface area contributed by atoms with Crippen LogP contribution in [0.2, 0.25) is 0 Å². The number of aryl methyl sites for hydroxylation is 1. The van der Waals surface area contributed by atoms with Gasteiger partial charge >= 0.3 is 0 Å². The molecule has 3 rings (SSSR count). The van der Waals surface area contributed by atoms with Crippen LogP contribution in [0, 0.1) is 12.3 Å². The molecule has 1 spiro atoms. The highest BCUT2D eigenvalue weighted by atomic mass is 32.2. The van der Waals surface area contributed by atoms with Crippen molar-refractivity contribution in [3.05, 3.63) is 35.4 Å². The number of carbonyl (C=O) groups excluding carboxylic acids is 1. The van der Waals surface area contributed by atoms with Crippen molar-refractivity contribution in [3.8, 4) is 0 Å². The van der Waals surface area contributed by atoms with Crippen LogP contribution in [0.5, 0.6) is 0 Å². The van der Waals surface area contributed by atoms with Crippen LogP contribution in [0.1, 0.15) is 30.4 Å². The van der Waals surface area contributed by atoms with Crippen LogP contribution in [-0.4, -0.2) is 61.6 Å². The average Bonchev–Trinajstić information content (AvgIpc) is 2.98. The smallest absolute Gasteiger partial charge is 0.281 e. The van der Waals surface area contributed by atoms with Crippen LogP contribution in [0.15, 0.2) is 24.3 Å². The molecule has 1 aromatic rings. The molecular weight excluding hydrogens is 338 g/mol. The minimum atomic E-state index is -3.46. The van der Waals surface area contributed by atoms with Crippen molar-refractivity contribution < 1.29 is 13.2 Å². The number of rotatable bonds is 4. The van der Waals surface area contributed by atoms with Gasteiger partial charge in [-0.25, -0.2) is 0 Å². The topological polar surface area (TPSA) is 60.9 Å². The SMILES string of the molecule is Cc1cccc(CN2CCC[C@@]3(CCN(S(=O)(=O)N(C)C)C3)C2=O)c1. The van der Waals surface area contributed by atoms with E-state index in [9.17, 15) is 13.2 Å². The normalized spacial score (nSPS) is 25.3. The van der Waals surface area contributed by atoms with E-state index in [1.165, 1.54) is 28.3 Å². The number of amides is 1. The second kappa shape index (κ2) is 6.70. The predicted octanol–water partition coefficient (Wildman–Crippen LogP) is 1.62. The molecule has 0 N–H and O–H groups in total. The summed E-state index contributed by atoms with van der Waals surface area (Å²) < 4.78 is 27.5. The zero-order chi connectivity index (χ0) is 18.2. The lowest BCUT2D eigenvalue weighted by atomic mass is 9.78. The molecule has 2 aliphatic heterocycles. The van der Waals surface area contributed by atoms with Gasteiger partial charge in [-0.2, -0.15) is 17.0 Å². The highest BCUT2D eigenvalue weighted by Gasteiger charge is 2.51. The summed E-state index contributed by atoms with van der Waals surface area (Å²) in [6.45, 7) is 4.11. The second-order valence-corrected chi connectivity index (χ2v) is 9.62. The fourth-order valence-corrected chi connectivity index (χ4v) is 5.17. The lowest BCUT2D eigenvalue weighted by molar-refractivity contribution is -0.146. The summed E-state index contributed by atoms with van der Waals surface area (Å²) in [6, 6.07) is 8.20. The van der Waals surface area contributed by atoms with Crippen LogP contribution in [-0.2, 0) is 21.5 Å². The van der Waals surface area contributed by atoms with Gasteiger partial charge in [0.15, 0.2) is 0 Å². The van der Waals surface area contributed by atoms with E-state index in [2.05, 4.69) is 6.07 Å². The summed E-state index contributed by atoms with van der Waals surface area (Å²) in [5, 5.41) is 0. The quantitative estimate of drug-likeness (QED) is 0.815. The summed E-state index contributed by atoms with van der Waals surface area (Å²) in [4.78, 5) is 15.1. The molecule has 2 fully saturated rings. The first-order chi connectivity index (χ1) is 11.7. The van der Waals surface area contributed by atoms with Gasteiger partial charge in [-0.05, 0) is 31.7 Å². The number of benzene rings is 1. The monoisotopic (exact) mass is 365 g/mol. The molecule has 0 radical (unpaired) electrons. The summed E-state index contributed by atoms with van der Waals surface area (Å²) in [5.41, 5.74) is 1.76. The first-order valence-corrected chi connectivity index (χ1v) is 10.2. The molecule has 2 aliphatic rings. The number of piperidine rings is 1. The van der Waals surface area contributed by atoms with Crippen molar-refractivity contribution >= 4 is 16.1 Å². The Hall–Kier alpha value is -1.44. The van der Waals surface area contributed by atoms with Gasteiger partial charge in [-0.3, -0.25) is 4.79 Å². The molecule has 2 saturated heterocycles. The van der Waals surface area contributed by atoms with E-state index in [0.717, 1.165) is 24.9 Å². The van der Waals surface area contributed by atoms with Crippen LogP contribution < -0.4 is 0 Å². The van der Waals surface area contributed by atoms with Gasteiger partial charge in [0.05, 0.1) is 5.41 Å². The Labute approximate surface area is 150 Å². The summed E-state index contributed by atoms with van der Waals surface area (Å²) in [6.07, 6.45) is 2.31. The van der Waals surface area contributed by atoms with Crippen LogP contribution in [0.25, 0.3) is 0 Å². The number of carbonyl (C=O) groups is 1. The molecule has 6 nitrogen and oxygen atoms in total. The van der Waals surface area contributed by atoms with Gasteiger partial charge in [0.1, 0.15) is 0 Å². The standard InChI is InChI=1S/C18H27N3O3S/c1-15-6-4-7-16(12-15)13-20-10-5-8-18(17(20)22)9-11-21(14-18)25(23,24)19(2)3/h4,6-7,12H,5,8-11,13-14H2,1-3H3/t18-/m0/s1. The lowest BCUT2D eigenvalue weighted by Gasteiger charge is -2.39. The molecule has 1 aromatic carbocycles. The highest BCUT2D eigenvalue weighted by Crippen LogP contribution is 2.41. The predicted molar refractivity (Wildman–Crippen MR) is 97.1 cm³/mol. The van der Waals surface area contributed by atoms with Gasteiger partial charge in [0.2, 0.25) is 5.91 Å². The van der Waals surface area contributed by atoms with E-state index >= 15 is 0 Å². The molecule has 0 aromatic heterocycles. The minimum absolute atomic E-state index is 0.108. The van der Waals surface area contributed by atoms with Crippen molar-refractivity contribution in [2.45, 2.75) is 32.7 Å². The van der Waals surface area contributed by atoms with E-state index in [1.807, 2.05) is 30.0 Å². The third-order valence-electron chi connectivity index (χ3n) is 5.39. The lowest BCUT2D eigenvalue weighted by Crippen LogP contribution is -2.50. The van der Waals surface area contributed by atoms with Gasteiger partial charge in [-0.1, -0.05) is 29.8 Å². The summed E-state index contributed by atoms with van der Waals surface area (Å²) >= 11 is 0. The maximum atomic E-state index is 13.2. The Morgan fingerprint density at radius 3 is 2.64 bits per heavy atom. The minimum Gasteiger partial charge on any atom is -0.338 e. The van der Waals surface area contributed by atoms with Crippen LogP contribution in [0.4, 0.5) is 0 Å². The largest absolute Gasteiger partial charge is 0.338 e. The van der Waals surface area contributed by atoms with E-state index in [0.29, 0.717) is 26.1 Å². The molecule has 138 valence electrons. The third kappa shape index (κ3) is 3.45. The number of hydrogen-bond donors (Lipinski definition) is 0. The molecule has 0 bridgehead atoms. The van der Waals surface area contributed by atoms with Crippen molar-refractivity contribution in [2.75, 3.05) is 33.7 Å². The molecule has 1 amide bonds. The molecule has 0 saturated carbocycles. The Bertz CT molecular complexity index is 763. The molecule has 25 heavy (non-hydrogen) atoms. The van der Waals surface area contributed by atoms with E-state index in [-0.39, 0.29) is 5.91 Å². The average molecular weight is 365 g/mol. The van der Waals surface area contributed by atoms with Gasteiger partial charge < -0.3 is 4.90 Å². The first-order valence-electron chi connectivity index (χ1n) is 8.77. The molecule has 1 atom stereocenters. The highest BCUT2D eigenvalue weighted by molar-refractivity contribution is 7.86. The van der Waals surface area contributed by atoms with Crippen molar-refractivity contribution in [1.82, 2.24) is 13.5 Å². The first kappa shape index (κ1) is 18.4. The molecule has 0 unspecified atom stereocenters. The summed E-state index contributed by atoms with van der Waals surface area (Å²) in [5.74, 6) is 0.108. The van der Waals surface area contributed by atoms with Gasteiger partial charge in [0, 0.05) is 40.3 Å². The number of hydrogen-bond acceptors (Lipinski definition) is 3. The Morgan fingerprint density at radius 2 is 1.96 bits per heavy atom. The number of likely N-dealkylation sites (tertiary alicyclic amines) is 1. The fourth-order valence-electron chi connectivity index (χ4n) is 3.97. The molecule has 0 aliphatic carbocycles. The zero-order valence-electron chi connectivity index (χ0n) is 15.2. The maximum Gasteiger partial charge on any atom is 0.281 e. The molecule has 7 heteroatoms. The maximum absolute atomic E-state index is 13.2. The van der Waals surface area contributed by atoms with E-state index in [4.69, 9.17) is 0 Å². The van der Waals surface area contributed by atoms with Crippen molar-refractivity contribution in [3.63, 3.8) is 0 Å². The van der Waals surface area contributed by atoms with E-state index < -0.39 is 15.6 Å². The van der Waals surface area contributed by atoms with Crippen LogP contribution >= 0.6 is 0 Å².